The molecule has 0 bridgehead atoms. The van der Waals surface area contributed by atoms with Crippen molar-refractivity contribution in [3.8, 4) is 66.8 Å². The quantitative estimate of drug-likeness (QED) is 0.123. The molecule has 0 nitrogen and oxygen atoms in total. The molecule has 9 aromatic rings. The lowest BCUT2D eigenvalue weighted by Gasteiger charge is -2.24. The normalized spacial score (nSPS) is 17.0. The summed E-state index contributed by atoms with van der Waals surface area (Å²) in [7, 11) is -1.54. The molecule has 9 aromatic carbocycles. The number of hydrogen-bond acceptors (Lipinski definition) is 0. The van der Waals surface area contributed by atoms with Crippen LogP contribution >= 0.6 is 0 Å². The highest BCUT2D eigenvalue weighted by Gasteiger charge is 2.38. The highest BCUT2D eigenvalue weighted by Crippen LogP contribution is 2.54. The number of benzene rings is 9. The van der Waals surface area contributed by atoms with E-state index in [1.54, 1.807) is 21.5 Å². The van der Waals surface area contributed by atoms with Crippen molar-refractivity contribution in [3.63, 3.8) is 0 Å². The van der Waals surface area contributed by atoms with E-state index in [9.17, 15) is 0 Å². The second kappa shape index (κ2) is 12.9. The van der Waals surface area contributed by atoms with Gasteiger partial charge in [0.15, 0.2) is 0 Å². The third-order valence-corrected chi connectivity index (χ3v) is 18.7. The molecule has 13 rings (SSSR count). The summed E-state index contributed by atoms with van der Waals surface area (Å²) in [5.74, 6) is 0. The number of aryl methyl sites for hydroxylation is 1. The van der Waals surface area contributed by atoms with Crippen molar-refractivity contribution in [1.29, 1.82) is 0 Å². The molecule has 0 saturated carbocycles. The maximum absolute atomic E-state index is 2.66. The van der Waals surface area contributed by atoms with Crippen molar-refractivity contribution in [2.24, 2.45) is 0 Å². The molecule has 0 spiro atoms. The zero-order valence-electron chi connectivity index (χ0n) is 36.4. The van der Waals surface area contributed by atoms with Crippen LogP contribution in [0.2, 0.25) is 6.55 Å². The van der Waals surface area contributed by atoms with Crippen LogP contribution in [0.1, 0.15) is 73.9 Å². The summed E-state index contributed by atoms with van der Waals surface area (Å²) < 4.78 is 0. The zero-order valence-corrected chi connectivity index (χ0v) is 37.6. The van der Waals surface area contributed by atoms with Gasteiger partial charge in [0.2, 0.25) is 0 Å². The molecule has 62 heavy (non-hydrogen) atoms. The summed E-state index contributed by atoms with van der Waals surface area (Å²) in [5.41, 5.74) is 25.2. The molecule has 1 unspecified atom stereocenters. The van der Waals surface area contributed by atoms with Gasteiger partial charge in [0.25, 0.3) is 0 Å². The van der Waals surface area contributed by atoms with E-state index in [4.69, 9.17) is 0 Å². The van der Waals surface area contributed by atoms with Gasteiger partial charge in [-0.3, -0.25) is 0 Å². The van der Waals surface area contributed by atoms with E-state index >= 15 is 0 Å². The first-order valence-electron chi connectivity index (χ1n) is 23.0. The van der Waals surface area contributed by atoms with E-state index < -0.39 is 8.80 Å². The van der Waals surface area contributed by atoms with Gasteiger partial charge < -0.3 is 0 Å². The van der Waals surface area contributed by atoms with E-state index in [1.165, 1.54) is 136 Å². The smallest absolute Gasteiger partial charge is 0.0641 e. The highest BCUT2D eigenvalue weighted by molar-refractivity contribution is 6.89. The Labute approximate surface area is 367 Å². The Kier molecular flexibility index (Phi) is 7.56. The minimum Gasteiger partial charge on any atom is -0.0641 e. The van der Waals surface area contributed by atoms with Gasteiger partial charge in [-0.25, -0.2) is 0 Å². The highest BCUT2D eigenvalue weighted by atomic mass is 28.3. The topological polar surface area (TPSA) is 0 Å². The van der Waals surface area contributed by atoms with Gasteiger partial charge in [0.05, 0.1) is 0 Å². The van der Waals surface area contributed by atoms with Gasteiger partial charge in [-0.15, -0.1) is 0 Å². The molecule has 1 heterocycles. The molecule has 0 radical (unpaired) electrons. The van der Waals surface area contributed by atoms with E-state index in [0.717, 1.165) is 0 Å². The molecule has 0 saturated heterocycles. The Morgan fingerprint density at radius 2 is 0.871 bits per heavy atom. The van der Waals surface area contributed by atoms with Crippen LogP contribution in [0.5, 0.6) is 0 Å². The van der Waals surface area contributed by atoms with Crippen LogP contribution in [0.3, 0.4) is 0 Å². The first kappa shape index (κ1) is 36.4. The van der Waals surface area contributed by atoms with Gasteiger partial charge in [-0.2, -0.15) is 0 Å². The maximum atomic E-state index is 2.66. The Morgan fingerprint density at radius 1 is 0.371 bits per heavy atom. The summed E-state index contributed by atoms with van der Waals surface area (Å²) in [6, 6.07) is 61.9. The fraction of sp³-hybridized carbons (Fsp3) is 0.180. The van der Waals surface area contributed by atoms with Crippen LogP contribution in [0.25, 0.3) is 88.3 Å². The minimum atomic E-state index is -1.54. The van der Waals surface area contributed by atoms with Gasteiger partial charge >= 0.3 is 0 Å². The van der Waals surface area contributed by atoms with Crippen molar-refractivity contribution >= 4 is 40.7 Å². The molecule has 0 fully saturated rings. The van der Waals surface area contributed by atoms with Crippen molar-refractivity contribution in [2.75, 3.05) is 0 Å². The summed E-state index contributed by atoms with van der Waals surface area (Å²) in [4.78, 5) is 0. The summed E-state index contributed by atoms with van der Waals surface area (Å²) >= 11 is 0. The fourth-order valence-corrected chi connectivity index (χ4v) is 15.3. The van der Waals surface area contributed by atoms with Crippen LogP contribution in [0.4, 0.5) is 0 Å². The van der Waals surface area contributed by atoms with E-state index in [0.29, 0.717) is 0 Å². The molecule has 298 valence electrons. The lowest BCUT2D eigenvalue weighted by Crippen LogP contribution is -2.34. The predicted octanol–water partition coefficient (Wildman–Crippen LogP) is 14.4. The van der Waals surface area contributed by atoms with Gasteiger partial charge in [0, 0.05) is 10.8 Å². The first-order chi connectivity index (χ1) is 30.2. The third kappa shape index (κ3) is 4.89. The molecule has 3 aliphatic carbocycles. The fourth-order valence-electron chi connectivity index (χ4n) is 12.7. The molecule has 0 aromatic heterocycles. The molecular formula is C61H50Si. The second-order valence-corrected chi connectivity index (χ2v) is 22.5. The van der Waals surface area contributed by atoms with Gasteiger partial charge in [-0.05, 0) is 176 Å². The van der Waals surface area contributed by atoms with Crippen LogP contribution in [0.15, 0.2) is 158 Å². The predicted molar refractivity (Wildman–Crippen MR) is 267 cm³/mol. The van der Waals surface area contributed by atoms with Crippen molar-refractivity contribution < 1.29 is 0 Å². The van der Waals surface area contributed by atoms with Crippen molar-refractivity contribution in [3.05, 3.63) is 191 Å². The summed E-state index contributed by atoms with van der Waals surface area (Å²) in [6.07, 6.45) is 5.00. The molecule has 0 N–H and O–H groups in total. The maximum Gasteiger partial charge on any atom is 0.101 e. The Morgan fingerprint density at radius 3 is 1.52 bits per heavy atom. The Balaban J connectivity index is 1.08. The Hall–Kier alpha value is -6.28. The van der Waals surface area contributed by atoms with Gasteiger partial charge in [0.1, 0.15) is 8.80 Å². The largest absolute Gasteiger partial charge is 0.101 e. The first-order valence-corrected chi connectivity index (χ1v) is 25.3. The van der Waals surface area contributed by atoms with Crippen molar-refractivity contribution in [2.45, 2.75) is 70.8 Å². The monoisotopic (exact) mass is 810 g/mol. The molecular weight excluding hydrogens is 761 g/mol. The van der Waals surface area contributed by atoms with Crippen LogP contribution in [-0.2, 0) is 23.7 Å². The average molecular weight is 811 g/mol. The zero-order chi connectivity index (χ0) is 41.6. The molecule has 1 heteroatoms. The van der Waals surface area contributed by atoms with Crippen LogP contribution in [-0.4, -0.2) is 8.80 Å². The second-order valence-electron chi connectivity index (χ2n) is 19.8. The van der Waals surface area contributed by atoms with E-state index in [-0.39, 0.29) is 10.8 Å². The SMILES string of the molecule is C[SiH]1c2cc(-c3cccc4c3CCCC4)ccc2-c2cc3c(-c4ccc5c(c4)C(C)(C)c4ccccc4-5)c4ccccc4c(-c4ccc5c(c4)C(C)(C)c4ccccc4-5)c3cc21. The lowest BCUT2D eigenvalue weighted by atomic mass is 9.79. The minimum absolute atomic E-state index is 0.0810. The summed E-state index contributed by atoms with van der Waals surface area (Å²) in [5, 5.41) is 8.53. The Bertz CT molecular complexity index is 3430. The van der Waals surface area contributed by atoms with Crippen LogP contribution < -0.4 is 10.4 Å². The molecule has 4 aliphatic rings. The van der Waals surface area contributed by atoms with Crippen LogP contribution in [0, 0.1) is 0 Å². The molecule has 0 amide bonds. The number of rotatable bonds is 3. The number of hydrogen-bond donors (Lipinski definition) is 0. The average Bonchev–Trinajstić information content (AvgIpc) is 3.81. The summed E-state index contributed by atoms with van der Waals surface area (Å²) in [6.45, 7) is 12.2. The molecule has 1 atom stereocenters. The van der Waals surface area contributed by atoms with Gasteiger partial charge in [-0.1, -0.05) is 174 Å². The van der Waals surface area contributed by atoms with E-state index in [1.807, 2.05) is 0 Å². The number of fused-ring (bicyclic) bond motifs is 12. The molecule has 1 aliphatic heterocycles. The van der Waals surface area contributed by atoms with Crippen molar-refractivity contribution in [1.82, 2.24) is 0 Å². The standard InChI is InChI=1S/C61H50Si/c1-60(2)52-23-12-10-18-42(52)44-28-26-38(31-54(44)60)58-47-20-8-9-21-48(47)59(39-27-29-45-43-19-11-13-24-53(43)61(3,4)55(45)32-39)51-35-57-49(34-50(51)58)46-30-25-37(33-56(46)62(57)5)41-22-14-16-36-15-6-7-17-40(36)41/h8-14,16,18-35,62H,6-7,15,17H2,1-5H3. The van der Waals surface area contributed by atoms with E-state index in [2.05, 4.69) is 192 Å². The third-order valence-electron chi connectivity index (χ3n) is 15.9. The lowest BCUT2D eigenvalue weighted by molar-refractivity contribution is 0.660.